The van der Waals surface area contributed by atoms with Crippen LogP contribution in [0.2, 0.25) is 0 Å². The van der Waals surface area contributed by atoms with Crippen LogP contribution < -0.4 is 4.90 Å². The number of hydrogen-bond acceptors (Lipinski definition) is 1. The van der Waals surface area contributed by atoms with Gasteiger partial charge in [-0.25, -0.2) is 0 Å². The van der Waals surface area contributed by atoms with Crippen molar-refractivity contribution in [2.24, 2.45) is 0 Å². The zero-order valence-corrected chi connectivity index (χ0v) is 31.8. The molecule has 11 aromatic rings. The molecule has 0 radical (unpaired) electrons. The fraction of sp³-hybridized carbons (Fsp3) is 0.0175. The van der Waals surface area contributed by atoms with Crippen LogP contribution in [0.4, 0.5) is 17.1 Å². The quantitative estimate of drug-likeness (QED) is 0.174. The van der Waals surface area contributed by atoms with E-state index in [2.05, 4.69) is 114 Å². The third-order valence-electron chi connectivity index (χ3n) is 12.7. The fourth-order valence-corrected chi connectivity index (χ4v) is 10.4. The van der Waals surface area contributed by atoms with Crippen LogP contribution in [0.25, 0.3) is 71.3 Å². The zero-order valence-electron chi connectivity index (χ0n) is 36.8. The van der Waals surface area contributed by atoms with Gasteiger partial charge in [0.05, 0.1) is 29.0 Å². The Morgan fingerprint density at radius 1 is 0.407 bits per heavy atom. The van der Waals surface area contributed by atoms with E-state index in [4.69, 9.17) is 0 Å². The number of fused-ring (bicyclic) bond motifs is 13. The van der Waals surface area contributed by atoms with Gasteiger partial charge in [-0.05, 0) is 115 Å². The summed E-state index contributed by atoms with van der Waals surface area (Å²) in [6.45, 7) is 0. The van der Waals surface area contributed by atoms with Crippen molar-refractivity contribution in [3.05, 3.63) is 241 Å². The van der Waals surface area contributed by atoms with E-state index in [0.29, 0.717) is 27.6 Å². The molecule has 1 spiro atoms. The van der Waals surface area contributed by atoms with E-state index in [9.17, 15) is 6.85 Å². The number of nitrogens with zero attached hydrogens (tertiary/aromatic N) is 2. The van der Waals surface area contributed by atoms with Crippen molar-refractivity contribution in [2.75, 3.05) is 4.90 Å². The maximum absolute atomic E-state index is 10.5. The molecule has 2 heteroatoms. The lowest BCUT2D eigenvalue weighted by Gasteiger charge is -2.40. The van der Waals surface area contributed by atoms with E-state index in [1.807, 2.05) is 83.8 Å². The van der Waals surface area contributed by atoms with Crippen molar-refractivity contribution in [1.29, 1.82) is 0 Å². The van der Waals surface area contributed by atoms with Gasteiger partial charge in [0.2, 0.25) is 0 Å². The SMILES string of the molecule is [2H]c1c([2H])c2c3c(c([2H])c([2H])c(N(c4ccc5ccccc5c4)c4ccc5c(c4)c4ccccc4n5-c4ccccc4)c3c1[2H])C1(c3ccccc3-c3ccccc31)c1ccccc1-2. The Labute approximate surface area is 349 Å². The first-order valence-corrected chi connectivity index (χ1v) is 20.1. The number of rotatable bonds is 4. The normalized spacial score (nSPS) is 14.4. The molecule has 2 aliphatic carbocycles. The van der Waals surface area contributed by atoms with Crippen molar-refractivity contribution < 1.29 is 6.85 Å². The van der Waals surface area contributed by atoms with Gasteiger partial charge in [-0.3, -0.25) is 0 Å². The summed E-state index contributed by atoms with van der Waals surface area (Å²) in [6, 6.07) is 63.8. The zero-order chi connectivity index (χ0) is 43.0. The minimum Gasteiger partial charge on any atom is -0.310 e. The number of benzene rings is 10. The second-order valence-corrected chi connectivity index (χ2v) is 15.6. The Hall–Kier alpha value is -7.68. The van der Waals surface area contributed by atoms with E-state index in [1.54, 1.807) is 0 Å². The summed E-state index contributed by atoms with van der Waals surface area (Å²) in [5.74, 6) is 0. The number of aromatic nitrogens is 1. The highest BCUT2D eigenvalue weighted by Crippen LogP contribution is 2.62. The van der Waals surface area contributed by atoms with E-state index < -0.39 is 5.41 Å². The van der Waals surface area contributed by atoms with Gasteiger partial charge in [-0.15, -0.1) is 0 Å². The molecule has 0 saturated heterocycles. The van der Waals surface area contributed by atoms with Crippen LogP contribution in [-0.2, 0) is 5.41 Å². The number of para-hydroxylation sites is 2. The van der Waals surface area contributed by atoms with Crippen LogP contribution >= 0.6 is 0 Å². The van der Waals surface area contributed by atoms with Crippen LogP contribution in [0.1, 0.15) is 29.1 Å². The van der Waals surface area contributed by atoms with E-state index in [1.165, 1.54) is 0 Å². The summed E-state index contributed by atoms with van der Waals surface area (Å²) in [4.78, 5) is 2.02. The summed E-state index contributed by atoms with van der Waals surface area (Å²) < 4.78 is 52.3. The van der Waals surface area contributed by atoms with Gasteiger partial charge in [-0.1, -0.05) is 164 Å². The molecule has 2 aliphatic rings. The molecule has 1 aromatic heterocycles. The molecule has 1 heterocycles. The monoisotopic (exact) mass is 753 g/mol. The molecule has 0 atom stereocenters. The molecule has 0 amide bonds. The smallest absolute Gasteiger partial charge is 0.0725 e. The lowest BCUT2D eigenvalue weighted by Crippen LogP contribution is -2.32. The molecule has 13 rings (SSSR count). The minimum absolute atomic E-state index is 0.0221. The van der Waals surface area contributed by atoms with Crippen LogP contribution in [0.3, 0.4) is 0 Å². The third-order valence-corrected chi connectivity index (χ3v) is 12.7. The van der Waals surface area contributed by atoms with Gasteiger partial charge >= 0.3 is 0 Å². The highest BCUT2D eigenvalue weighted by Gasteiger charge is 2.50. The predicted octanol–water partition coefficient (Wildman–Crippen LogP) is 14.9. The maximum Gasteiger partial charge on any atom is 0.0725 e. The topological polar surface area (TPSA) is 8.17 Å². The second-order valence-electron chi connectivity index (χ2n) is 15.6. The first-order chi connectivity index (χ1) is 31.4. The summed E-state index contributed by atoms with van der Waals surface area (Å²) in [6.07, 6.45) is 0. The summed E-state index contributed by atoms with van der Waals surface area (Å²) in [7, 11) is 0. The first-order valence-electron chi connectivity index (χ1n) is 22.6. The molecule has 0 fully saturated rings. The van der Waals surface area contributed by atoms with E-state index in [-0.39, 0.29) is 30.2 Å². The van der Waals surface area contributed by atoms with Gasteiger partial charge in [0, 0.05) is 33.2 Å². The molecular formula is C57H36N2. The first kappa shape index (κ1) is 27.8. The Balaban J connectivity index is 1.20. The molecule has 59 heavy (non-hydrogen) atoms. The lowest BCUT2D eigenvalue weighted by molar-refractivity contribution is 0.773. The van der Waals surface area contributed by atoms with Crippen molar-refractivity contribution in [2.45, 2.75) is 5.41 Å². The van der Waals surface area contributed by atoms with E-state index in [0.717, 1.165) is 83.0 Å². The average molecular weight is 754 g/mol. The van der Waals surface area contributed by atoms with Crippen LogP contribution in [0, 0.1) is 0 Å². The third kappa shape index (κ3) is 4.35. The van der Waals surface area contributed by atoms with Gasteiger partial charge < -0.3 is 9.47 Å². The predicted molar refractivity (Wildman–Crippen MR) is 247 cm³/mol. The second kappa shape index (κ2) is 12.2. The number of anilines is 3. The largest absolute Gasteiger partial charge is 0.310 e. The van der Waals surface area contributed by atoms with Gasteiger partial charge in [0.15, 0.2) is 0 Å². The van der Waals surface area contributed by atoms with Crippen molar-refractivity contribution in [3.8, 4) is 27.9 Å². The fourth-order valence-electron chi connectivity index (χ4n) is 10.4. The van der Waals surface area contributed by atoms with Crippen molar-refractivity contribution in [1.82, 2.24) is 4.57 Å². The Kier molecular flexibility index (Phi) is 5.74. The molecule has 0 N–H and O–H groups in total. The molecule has 0 saturated carbocycles. The van der Waals surface area contributed by atoms with Crippen molar-refractivity contribution >= 4 is 60.4 Å². The molecule has 274 valence electrons. The van der Waals surface area contributed by atoms with Crippen LogP contribution in [0.5, 0.6) is 0 Å². The highest BCUT2D eigenvalue weighted by atomic mass is 15.1. The van der Waals surface area contributed by atoms with E-state index >= 15 is 0 Å². The van der Waals surface area contributed by atoms with Gasteiger partial charge in [0.1, 0.15) is 0 Å². The molecule has 0 aliphatic heterocycles. The maximum atomic E-state index is 10.5. The lowest BCUT2D eigenvalue weighted by atomic mass is 9.61. The van der Waals surface area contributed by atoms with Crippen LogP contribution in [0.15, 0.2) is 218 Å². The molecular weight excluding hydrogens is 713 g/mol. The molecule has 10 aromatic carbocycles. The average Bonchev–Trinajstić information content (AvgIpc) is 3.83. The summed E-state index contributed by atoms with van der Waals surface area (Å²) in [5.41, 5.74) is 10.8. The highest BCUT2D eigenvalue weighted by molar-refractivity contribution is 6.14. The summed E-state index contributed by atoms with van der Waals surface area (Å²) in [5, 5.41) is 5.08. The van der Waals surface area contributed by atoms with Crippen LogP contribution in [-0.4, -0.2) is 4.57 Å². The molecule has 2 nitrogen and oxygen atoms in total. The van der Waals surface area contributed by atoms with Gasteiger partial charge in [0.25, 0.3) is 0 Å². The molecule has 0 bridgehead atoms. The summed E-state index contributed by atoms with van der Waals surface area (Å²) >= 11 is 0. The Morgan fingerprint density at radius 2 is 1.00 bits per heavy atom. The standard InChI is InChI=1S/C57H36N2/c1-2-17-39(18-3-1)59-53-28-13-9-22-45(53)48-36-41(31-33-55(48)59)58(40-30-29-37-15-4-5-16-38(37)35-40)54-34-32-52-56-46(23-14-24-47(54)56)44-21-8-12-27-51(44)57(52)49-25-10-6-19-42(49)43-20-7-11-26-50(43)57/h1-36H/i14D,23D,24D,32D,34D. The minimum atomic E-state index is -1.03. The molecule has 0 unspecified atom stereocenters. The number of hydrogen-bond donors (Lipinski definition) is 0. The van der Waals surface area contributed by atoms with Gasteiger partial charge in [-0.2, -0.15) is 0 Å². The Morgan fingerprint density at radius 3 is 1.76 bits per heavy atom. The Bertz CT molecular complexity index is 3770. The van der Waals surface area contributed by atoms with Crippen molar-refractivity contribution in [3.63, 3.8) is 0 Å².